The number of hydrogen-bond donors (Lipinski definition) is 2. The Morgan fingerprint density at radius 1 is 0.944 bits per heavy atom. The molecular formula is C29H28N6O. The van der Waals surface area contributed by atoms with Gasteiger partial charge in [-0.25, -0.2) is 15.0 Å². The monoisotopic (exact) mass is 476 g/mol. The zero-order valence-corrected chi connectivity index (χ0v) is 20.2. The van der Waals surface area contributed by atoms with E-state index in [9.17, 15) is 4.79 Å². The largest absolute Gasteiger partial charge is 0.383 e. The van der Waals surface area contributed by atoms with Crippen molar-refractivity contribution >= 4 is 33.7 Å². The third-order valence-electron chi connectivity index (χ3n) is 7.61. The van der Waals surface area contributed by atoms with Crippen LogP contribution in [0.3, 0.4) is 0 Å². The highest BCUT2D eigenvalue weighted by Gasteiger charge is 2.28. The maximum atomic E-state index is 11.7. The maximum absolute atomic E-state index is 11.7. The number of carbonyl (C=O) groups excluding carboxylic acids is 1. The summed E-state index contributed by atoms with van der Waals surface area (Å²) in [5.41, 5.74) is 19.0. The Balaban J connectivity index is 1.48. The number of carbonyl (C=O) groups is 1. The number of primary amides is 1. The van der Waals surface area contributed by atoms with Gasteiger partial charge in [0.1, 0.15) is 17.8 Å². The van der Waals surface area contributed by atoms with E-state index in [0.29, 0.717) is 5.82 Å². The molecule has 7 nitrogen and oxygen atoms in total. The summed E-state index contributed by atoms with van der Waals surface area (Å²) in [6.45, 7) is 2.11. The molecule has 180 valence electrons. The van der Waals surface area contributed by atoms with Gasteiger partial charge in [0, 0.05) is 34.7 Å². The summed E-state index contributed by atoms with van der Waals surface area (Å²) in [6.07, 6.45) is 7.00. The molecule has 1 amide bonds. The van der Waals surface area contributed by atoms with Crippen molar-refractivity contribution in [3.63, 3.8) is 0 Å². The number of rotatable bonds is 4. The Morgan fingerprint density at radius 3 is 2.44 bits per heavy atom. The molecule has 1 fully saturated rings. The Hall–Kier alpha value is -4.26. The van der Waals surface area contributed by atoms with E-state index in [1.165, 1.54) is 6.33 Å². The summed E-state index contributed by atoms with van der Waals surface area (Å²) in [7, 11) is 0. The molecule has 0 unspecified atom stereocenters. The fourth-order valence-electron chi connectivity index (χ4n) is 5.62. The van der Waals surface area contributed by atoms with Crippen molar-refractivity contribution in [2.24, 2.45) is 11.7 Å². The minimum atomic E-state index is -0.202. The molecule has 0 spiro atoms. The van der Waals surface area contributed by atoms with Gasteiger partial charge < -0.3 is 16.0 Å². The molecule has 0 bridgehead atoms. The minimum Gasteiger partial charge on any atom is -0.383 e. The van der Waals surface area contributed by atoms with Crippen LogP contribution in [0.1, 0.15) is 37.3 Å². The number of aryl methyl sites for hydroxylation is 1. The highest BCUT2D eigenvalue weighted by atomic mass is 16.1. The number of nitrogen functional groups attached to an aromatic ring is 1. The van der Waals surface area contributed by atoms with Gasteiger partial charge >= 0.3 is 0 Å². The number of anilines is 1. The number of hydrogen-bond acceptors (Lipinski definition) is 5. The van der Waals surface area contributed by atoms with Crippen LogP contribution in [0, 0.1) is 12.8 Å². The van der Waals surface area contributed by atoms with Crippen molar-refractivity contribution in [3.05, 3.63) is 72.7 Å². The molecule has 2 aromatic carbocycles. The van der Waals surface area contributed by atoms with E-state index in [4.69, 9.17) is 16.5 Å². The first-order valence-corrected chi connectivity index (χ1v) is 12.4. The SMILES string of the molecule is Cc1c(-c2cn(C3CCC(C(N)=O)CC3)c3ncnc(N)c23)ccc2ccc(-c3ccccc3)nc12. The summed E-state index contributed by atoms with van der Waals surface area (Å²) in [5, 5.41) is 1.95. The molecule has 3 aromatic heterocycles. The number of aromatic nitrogens is 4. The lowest BCUT2D eigenvalue weighted by atomic mass is 9.85. The molecular weight excluding hydrogens is 448 g/mol. The third-order valence-corrected chi connectivity index (χ3v) is 7.61. The van der Waals surface area contributed by atoms with Gasteiger partial charge in [-0.2, -0.15) is 0 Å². The molecule has 0 atom stereocenters. The van der Waals surface area contributed by atoms with Gasteiger partial charge in [0.25, 0.3) is 0 Å². The molecule has 5 aromatic rings. The van der Waals surface area contributed by atoms with Crippen LogP contribution in [0.15, 0.2) is 67.1 Å². The van der Waals surface area contributed by atoms with E-state index in [1.807, 2.05) is 18.2 Å². The Kier molecular flexibility index (Phi) is 5.40. The van der Waals surface area contributed by atoms with Gasteiger partial charge in [-0.15, -0.1) is 0 Å². The molecule has 1 saturated carbocycles. The van der Waals surface area contributed by atoms with Crippen LogP contribution in [0.25, 0.3) is 44.3 Å². The first-order valence-electron chi connectivity index (χ1n) is 12.4. The molecule has 0 radical (unpaired) electrons. The van der Waals surface area contributed by atoms with Crippen molar-refractivity contribution < 1.29 is 4.79 Å². The van der Waals surface area contributed by atoms with E-state index < -0.39 is 0 Å². The summed E-state index contributed by atoms with van der Waals surface area (Å²) in [4.78, 5) is 25.7. The van der Waals surface area contributed by atoms with Crippen molar-refractivity contribution in [2.75, 3.05) is 5.73 Å². The van der Waals surface area contributed by atoms with Gasteiger partial charge in [-0.3, -0.25) is 4.79 Å². The molecule has 1 aliphatic rings. The lowest BCUT2D eigenvalue weighted by molar-refractivity contribution is -0.122. The second-order valence-corrected chi connectivity index (χ2v) is 9.69. The Labute approximate surface area is 209 Å². The zero-order valence-electron chi connectivity index (χ0n) is 20.2. The number of nitrogens with two attached hydrogens (primary N) is 2. The topological polar surface area (TPSA) is 113 Å². The van der Waals surface area contributed by atoms with E-state index in [2.05, 4.69) is 64.1 Å². The standard InChI is InChI=1S/C29H28N6O/c1-17-22(13-9-19-10-14-24(34-26(17)19)18-5-3-2-4-6-18)23-15-35(29-25(23)27(30)32-16-33-29)21-11-7-20(8-12-21)28(31)36/h2-6,9-10,13-16,20-21H,7-8,11-12H2,1H3,(H2,31,36)(H2,30,32,33). The molecule has 0 aliphatic heterocycles. The van der Waals surface area contributed by atoms with Crippen molar-refractivity contribution in [1.29, 1.82) is 0 Å². The summed E-state index contributed by atoms with van der Waals surface area (Å²) in [6, 6.07) is 18.9. The van der Waals surface area contributed by atoms with Crippen LogP contribution < -0.4 is 11.5 Å². The maximum Gasteiger partial charge on any atom is 0.220 e. The van der Waals surface area contributed by atoms with E-state index >= 15 is 0 Å². The number of benzene rings is 2. The quantitative estimate of drug-likeness (QED) is 0.360. The average Bonchev–Trinajstić information content (AvgIpc) is 3.30. The smallest absolute Gasteiger partial charge is 0.220 e. The number of nitrogens with zero attached hydrogens (tertiary/aromatic N) is 4. The first-order chi connectivity index (χ1) is 17.5. The van der Waals surface area contributed by atoms with Gasteiger partial charge in [-0.1, -0.05) is 48.5 Å². The van der Waals surface area contributed by atoms with E-state index in [0.717, 1.165) is 75.6 Å². The minimum absolute atomic E-state index is 0.0464. The molecule has 4 N–H and O–H groups in total. The highest BCUT2D eigenvalue weighted by Crippen LogP contribution is 2.41. The third kappa shape index (κ3) is 3.68. The summed E-state index contributed by atoms with van der Waals surface area (Å²) >= 11 is 0. The van der Waals surface area contributed by atoms with E-state index in [1.54, 1.807) is 0 Å². The van der Waals surface area contributed by atoms with Crippen molar-refractivity contribution in [1.82, 2.24) is 19.5 Å². The fraction of sp³-hybridized carbons (Fsp3) is 0.241. The fourth-order valence-corrected chi connectivity index (χ4v) is 5.62. The van der Waals surface area contributed by atoms with E-state index in [-0.39, 0.29) is 17.9 Å². The number of fused-ring (bicyclic) bond motifs is 2. The first kappa shape index (κ1) is 22.2. The van der Waals surface area contributed by atoms with Crippen LogP contribution in [0.4, 0.5) is 5.82 Å². The molecule has 3 heterocycles. The van der Waals surface area contributed by atoms with Crippen LogP contribution >= 0.6 is 0 Å². The van der Waals surface area contributed by atoms with Gasteiger partial charge in [0.2, 0.25) is 5.91 Å². The average molecular weight is 477 g/mol. The molecule has 1 aliphatic carbocycles. The highest BCUT2D eigenvalue weighted by molar-refractivity contribution is 6.03. The summed E-state index contributed by atoms with van der Waals surface area (Å²) < 4.78 is 2.22. The van der Waals surface area contributed by atoms with Crippen molar-refractivity contribution in [3.8, 4) is 22.4 Å². The number of pyridine rings is 1. The van der Waals surface area contributed by atoms with Crippen LogP contribution in [-0.2, 0) is 4.79 Å². The second kappa shape index (κ2) is 8.75. The second-order valence-electron chi connectivity index (χ2n) is 9.69. The Bertz CT molecular complexity index is 1600. The van der Waals surface area contributed by atoms with Gasteiger partial charge in [0.05, 0.1) is 16.6 Å². The lowest BCUT2D eigenvalue weighted by Crippen LogP contribution is -2.28. The van der Waals surface area contributed by atoms with Gasteiger partial charge in [0.15, 0.2) is 0 Å². The van der Waals surface area contributed by atoms with Gasteiger partial charge in [-0.05, 0) is 49.8 Å². The molecule has 36 heavy (non-hydrogen) atoms. The van der Waals surface area contributed by atoms with Crippen LogP contribution in [0.5, 0.6) is 0 Å². The predicted octanol–water partition coefficient (Wildman–Crippen LogP) is 5.42. The van der Waals surface area contributed by atoms with Crippen LogP contribution in [0.2, 0.25) is 0 Å². The normalized spacial score (nSPS) is 18.0. The lowest BCUT2D eigenvalue weighted by Gasteiger charge is -2.28. The Morgan fingerprint density at radius 2 is 1.69 bits per heavy atom. The number of amides is 1. The molecule has 7 heteroatoms. The zero-order chi connectivity index (χ0) is 24.8. The molecule has 0 saturated heterocycles. The van der Waals surface area contributed by atoms with Crippen molar-refractivity contribution in [2.45, 2.75) is 38.6 Å². The molecule has 6 rings (SSSR count). The van der Waals surface area contributed by atoms with Crippen LogP contribution in [-0.4, -0.2) is 25.4 Å². The predicted molar refractivity (Wildman–Crippen MR) is 143 cm³/mol. The summed E-state index contributed by atoms with van der Waals surface area (Å²) in [5.74, 6) is 0.215.